The fourth-order valence-electron chi connectivity index (χ4n) is 3.42. The second kappa shape index (κ2) is 8.82. The largest absolute Gasteiger partial charge is 0.493 e. The Labute approximate surface area is 178 Å². The number of rotatable bonds is 8. The van der Waals surface area contributed by atoms with Crippen LogP contribution < -0.4 is 9.47 Å². The van der Waals surface area contributed by atoms with Gasteiger partial charge in [-0.05, 0) is 30.7 Å². The number of carbonyl (C=O) groups excluding carboxylic acids is 3. The van der Waals surface area contributed by atoms with Gasteiger partial charge in [0.2, 0.25) is 5.91 Å². The zero-order valence-corrected chi connectivity index (χ0v) is 17.3. The molecule has 3 amide bonds. The van der Waals surface area contributed by atoms with Crippen molar-refractivity contribution in [3.05, 3.63) is 63.2 Å². The van der Waals surface area contributed by atoms with E-state index in [2.05, 4.69) is 0 Å². The molecule has 3 rings (SSSR count). The van der Waals surface area contributed by atoms with Crippen LogP contribution in [-0.2, 0) is 11.3 Å². The van der Waals surface area contributed by atoms with Gasteiger partial charge >= 0.3 is 0 Å². The van der Waals surface area contributed by atoms with Gasteiger partial charge in [0.1, 0.15) is 12.1 Å². The molecule has 2 aromatic rings. The Morgan fingerprint density at radius 2 is 1.81 bits per heavy atom. The van der Waals surface area contributed by atoms with Gasteiger partial charge in [0, 0.05) is 19.2 Å². The molecule has 0 saturated heterocycles. The van der Waals surface area contributed by atoms with Crippen molar-refractivity contribution in [3.8, 4) is 11.5 Å². The minimum atomic E-state index is -0.845. The van der Waals surface area contributed by atoms with Crippen molar-refractivity contribution in [3.63, 3.8) is 0 Å². The van der Waals surface area contributed by atoms with Gasteiger partial charge in [0.05, 0.1) is 24.7 Å². The third-order valence-electron chi connectivity index (χ3n) is 5.02. The smallest absolute Gasteiger partial charge is 0.282 e. The number of hydrogen-bond acceptors (Lipinski definition) is 7. The number of ether oxygens (including phenoxy) is 2. The second-order valence-electron chi connectivity index (χ2n) is 6.75. The van der Waals surface area contributed by atoms with Crippen molar-refractivity contribution in [2.45, 2.75) is 13.5 Å². The van der Waals surface area contributed by atoms with Crippen LogP contribution in [0.1, 0.15) is 33.2 Å². The lowest BCUT2D eigenvalue weighted by Crippen LogP contribution is -2.42. The second-order valence-corrected chi connectivity index (χ2v) is 6.75. The molecule has 0 spiro atoms. The molecule has 1 aliphatic heterocycles. The topological polar surface area (TPSA) is 119 Å². The van der Waals surface area contributed by atoms with Gasteiger partial charge in [-0.2, -0.15) is 0 Å². The fraction of sp³-hybridized carbons (Fsp3) is 0.286. The summed E-state index contributed by atoms with van der Waals surface area (Å²) in [7, 11) is 3.03. The summed E-state index contributed by atoms with van der Waals surface area (Å²) in [4.78, 5) is 50.9. The third kappa shape index (κ3) is 4.04. The number of benzene rings is 2. The van der Waals surface area contributed by atoms with Crippen LogP contribution in [0.25, 0.3) is 0 Å². The quantitative estimate of drug-likeness (QED) is 0.360. The van der Waals surface area contributed by atoms with Gasteiger partial charge in [-0.15, -0.1) is 0 Å². The molecule has 0 N–H and O–H groups in total. The Bertz CT molecular complexity index is 1070. The Balaban J connectivity index is 1.79. The number of fused-ring (bicyclic) bond motifs is 1. The fourth-order valence-corrected chi connectivity index (χ4v) is 3.42. The lowest BCUT2D eigenvalue weighted by atomic mass is 10.1. The van der Waals surface area contributed by atoms with Crippen molar-refractivity contribution in [2.24, 2.45) is 0 Å². The monoisotopic (exact) mass is 427 g/mol. The predicted molar refractivity (Wildman–Crippen MR) is 109 cm³/mol. The SMILES string of the molecule is CCN(Cc1ccc(OC)c(OC)c1)C(=O)CN1C(=O)c2cccc([N+](=O)[O-])c2C1=O. The Morgan fingerprint density at radius 3 is 2.42 bits per heavy atom. The van der Waals surface area contributed by atoms with E-state index in [1.807, 2.05) is 0 Å². The van der Waals surface area contributed by atoms with E-state index in [1.54, 1.807) is 25.1 Å². The van der Waals surface area contributed by atoms with Crippen LogP contribution in [0, 0.1) is 10.1 Å². The maximum Gasteiger partial charge on any atom is 0.282 e. The van der Waals surface area contributed by atoms with Gasteiger partial charge in [-0.25, -0.2) is 0 Å². The van der Waals surface area contributed by atoms with E-state index in [0.29, 0.717) is 18.0 Å². The standard InChI is InChI=1S/C21H21N3O7/c1-4-22(11-13-8-9-16(30-2)17(10-13)31-3)18(25)12-23-20(26)14-6-5-7-15(24(28)29)19(14)21(23)27/h5-10H,4,11-12H2,1-3H3. The number of nitrogens with zero attached hydrogens (tertiary/aromatic N) is 3. The number of likely N-dealkylation sites (N-methyl/N-ethyl adjacent to an activating group) is 1. The van der Waals surface area contributed by atoms with E-state index < -0.39 is 34.9 Å². The molecular weight excluding hydrogens is 406 g/mol. The van der Waals surface area contributed by atoms with Crippen LogP contribution in [0.4, 0.5) is 5.69 Å². The molecule has 0 aromatic heterocycles. The molecule has 10 nitrogen and oxygen atoms in total. The summed E-state index contributed by atoms with van der Waals surface area (Å²) >= 11 is 0. The Morgan fingerprint density at radius 1 is 1.10 bits per heavy atom. The minimum Gasteiger partial charge on any atom is -0.493 e. The molecule has 2 aromatic carbocycles. The van der Waals surface area contributed by atoms with Crippen LogP contribution >= 0.6 is 0 Å². The molecule has 10 heteroatoms. The maximum absolute atomic E-state index is 12.9. The van der Waals surface area contributed by atoms with Gasteiger partial charge < -0.3 is 14.4 Å². The van der Waals surface area contributed by atoms with Crippen LogP contribution in [0.5, 0.6) is 11.5 Å². The Hall–Kier alpha value is -3.95. The van der Waals surface area contributed by atoms with E-state index in [9.17, 15) is 24.5 Å². The van der Waals surface area contributed by atoms with Crippen LogP contribution in [-0.4, -0.2) is 59.8 Å². The predicted octanol–water partition coefficient (Wildman–Crippen LogP) is 2.26. The molecule has 0 fully saturated rings. The molecular formula is C21H21N3O7. The highest BCUT2D eigenvalue weighted by atomic mass is 16.6. The molecule has 0 radical (unpaired) electrons. The average molecular weight is 427 g/mol. The third-order valence-corrected chi connectivity index (χ3v) is 5.02. The average Bonchev–Trinajstić information content (AvgIpc) is 3.01. The van der Waals surface area contributed by atoms with Gasteiger partial charge in [0.15, 0.2) is 11.5 Å². The number of hydrogen-bond donors (Lipinski definition) is 0. The number of methoxy groups -OCH3 is 2. The van der Waals surface area contributed by atoms with Crippen molar-refractivity contribution in [2.75, 3.05) is 27.3 Å². The number of imide groups is 1. The highest BCUT2D eigenvalue weighted by Gasteiger charge is 2.42. The highest BCUT2D eigenvalue weighted by Crippen LogP contribution is 2.31. The zero-order chi connectivity index (χ0) is 22.7. The van der Waals surface area contributed by atoms with Crippen molar-refractivity contribution < 1.29 is 28.8 Å². The van der Waals surface area contributed by atoms with Crippen molar-refractivity contribution >= 4 is 23.4 Å². The molecule has 0 aliphatic carbocycles. The molecule has 0 unspecified atom stereocenters. The first-order valence-electron chi connectivity index (χ1n) is 9.44. The molecule has 31 heavy (non-hydrogen) atoms. The molecule has 1 aliphatic rings. The first-order valence-corrected chi connectivity index (χ1v) is 9.44. The van der Waals surface area contributed by atoms with E-state index >= 15 is 0 Å². The number of amides is 3. The molecule has 1 heterocycles. The minimum absolute atomic E-state index is 0.0741. The van der Waals surface area contributed by atoms with E-state index in [1.165, 1.54) is 31.3 Å². The van der Waals surface area contributed by atoms with E-state index in [4.69, 9.17) is 9.47 Å². The first kappa shape index (κ1) is 21.8. The van der Waals surface area contributed by atoms with Crippen molar-refractivity contribution in [1.29, 1.82) is 0 Å². The summed E-state index contributed by atoms with van der Waals surface area (Å²) in [5, 5.41) is 11.2. The molecule has 0 atom stereocenters. The van der Waals surface area contributed by atoms with Crippen LogP contribution in [0.15, 0.2) is 36.4 Å². The van der Waals surface area contributed by atoms with Gasteiger partial charge in [-0.1, -0.05) is 12.1 Å². The number of carbonyl (C=O) groups is 3. The molecule has 0 saturated carbocycles. The van der Waals surface area contributed by atoms with Crippen LogP contribution in [0.2, 0.25) is 0 Å². The molecule has 0 bridgehead atoms. The summed E-state index contributed by atoms with van der Waals surface area (Å²) in [6.07, 6.45) is 0. The first-order chi connectivity index (χ1) is 14.8. The number of nitro groups is 1. The van der Waals surface area contributed by atoms with Gasteiger partial charge in [0.25, 0.3) is 17.5 Å². The Kier molecular flexibility index (Phi) is 6.19. The lowest BCUT2D eigenvalue weighted by Gasteiger charge is -2.24. The molecule has 162 valence electrons. The highest BCUT2D eigenvalue weighted by molar-refractivity contribution is 6.24. The summed E-state index contributed by atoms with van der Waals surface area (Å²) in [6, 6.07) is 9.07. The van der Waals surface area contributed by atoms with Crippen LogP contribution in [0.3, 0.4) is 0 Å². The summed E-state index contributed by atoms with van der Waals surface area (Å²) in [6.45, 7) is 1.81. The summed E-state index contributed by atoms with van der Waals surface area (Å²) < 4.78 is 10.5. The normalized spacial score (nSPS) is 12.5. The zero-order valence-electron chi connectivity index (χ0n) is 17.3. The maximum atomic E-state index is 12.9. The number of nitro benzene ring substituents is 1. The van der Waals surface area contributed by atoms with Crippen molar-refractivity contribution in [1.82, 2.24) is 9.80 Å². The van der Waals surface area contributed by atoms with E-state index in [0.717, 1.165) is 16.5 Å². The summed E-state index contributed by atoms with van der Waals surface area (Å²) in [5.41, 5.74) is -0.0440. The van der Waals surface area contributed by atoms with E-state index in [-0.39, 0.29) is 17.7 Å². The van der Waals surface area contributed by atoms with Gasteiger partial charge in [-0.3, -0.25) is 29.4 Å². The summed E-state index contributed by atoms with van der Waals surface area (Å²) in [5.74, 6) is -0.971. The lowest BCUT2D eigenvalue weighted by molar-refractivity contribution is -0.385.